The monoisotopic (exact) mass is 341 g/mol. The molecule has 4 heteroatoms. The summed E-state index contributed by atoms with van der Waals surface area (Å²) in [4.78, 5) is 13.2. The summed E-state index contributed by atoms with van der Waals surface area (Å²) < 4.78 is 0. The lowest BCUT2D eigenvalue weighted by Gasteiger charge is -2.16. The summed E-state index contributed by atoms with van der Waals surface area (Å²) in [6, 6.07) is 24.7. The van der Waals surface area contributed by atoms with E-state index in [0.717, 1.165) is 16.9 Å². The van der Waals surface area contributed by atoms with Crippen molar-refractivity contribution in [2.24, 2.45) is 0 Å². The first-order valence-corrected chi connectivity index (χ1v) is 8.50. The van der Waals surface area contributed by atoms with Crippen LogP contribution in [0.1, 0.15) is 15.9 Å². The third-order valence-electron chi connectivity index (χ3n) is 4.39. The highest BCUT2D eigenvalue weighted by molar-refractivity contribution is 6.13. The summed E-state index contributed by atoms with van der Waals surface area (Å²) in [5.41, 5.74) is 10.7. The van der Waals surface area contributed by atoms with Gasteiger partial charge < -0.3 is 16.4 Å². The number of hydrogen-bond acceptors (Lipinski definition) is 4. The van der Waals surface area contributed by atoms with E-state index < -0.39 is 0 Å². The molecule has 4 nitrogen and oxygen atoms in total. The van der Waals surface area contributed by atoms with Crippen LogP contribution in [0.2, 0.25) is 0 Å². The predicted octanol–water partition coefficient (Wildman–Crippen LogP) is 4.40. The number of Topliss-reactive ketones (excluding diaryl/α,β-unsaturated/α-hetero) is 1. The van der Waals surface area contributed by atoms with Crippen molar-refractivity contribution in [2.45, 2.75) is 6.17 Å². The van der Waals surface area contributed by atoms with Gasteiger partial charge in [0.15, 0.2) is 5.78 Å². The Balaban J connectivity index is 1.73. The second-order valence-electron chi connectivity index (χ2n) is 6.23. The molecule has 1 heterocycles. The summed E-state index contributed by atoms with van der Waals surface area (Å²) >= 11 is 0. The normalized spacial score (nSPS) is 13.6. The lowest BCUT2D eigenvalue weighted by molar-refractivity contribution is 0.103. The summed E-state index contributed by atoms with van der Waals surface area (Å²) in [7, 11) is 0. The standard InChI is InChI=1S/C22H19N3O/c23-17-12-10-15(11-13-17)14-18(21(26)16-6-2-1-3-7-16)22-24-19-8-4-5-9-20(19)25-22/h1-14,22,24-25H,23H2/b18-14-. The van der Waals surface area contributed by atoms with E-state index in [1.165, 1.54) is 0 Å². The van der Waals surface area contributed by atoms with Crippen LogP contribution in [0, 0.1) is 0 Å². The molecule has 0 atom stereocenters. The van der Waals surface area contributed by atoms with Gasteiger partial charge in [-0.05, 0) is 35.9 Å². The molecule has 26 heavy (non-hydrogen) atoms. The molecule has 4 N–H and O–H groups in total. The van der Waals surface area contributed by atoms with Crippen LogP contribution in [0.3, 0.4) is 0 Å². The number of hydrogen-bond donors (Lipinski definition) is 3. The van der Waals surface area contributed by atoms with Crippen LogP contribution < -0.4 is 16.4 Å². The maximum Gasteiger partial charge on any atom is 0.192 e. The van der Waals surface area contributed by atoms with Crippen LogP contribution in [-0.4, -0.2) is 11.9 Å². The minimum Gasteiger partial charge on any atom is -0.399 e. The predicted molar refractivity (Wildman–Crippen MR) is 107 cm³/mol. The van der Waals surface area contributed by atoms with E-state index in [2.05, 4.69) is 10.6 Å². The highest BCUT2D eigenvalue weighted by atomic mass is 16.1. The van der Waals surface area contributed by atoms with E-state index in [4.69, 9.17) is 5.73 Å². The largest absolute Gasteiger partial charge is 0.399 e. The smallest absolute Gasteiger partial charge is 0.192 e. The van der Waals surface area contributed by atoms with E-state index in [1.807, 2.05) is 84.9 Å². The average Bonchev–Trinajstić information content (AvgIpc) is 3.11. The molecule has 1 aliphatic heterocycles. The molecular formula is C22H19N3O. The summed E-state index contributed by atoms with van der Waals surface area (Å²) in [6.07, 6.45) is 1.61. The van der Waals surface area contributed by atoms with Crippen LogP contribution in [0.25, 0.3) is 6.08 Å². The molecule has 0 fully saturated rings. The van der Waals surface area contributed by atoms with E-state index in [-0.39, 0.29) is 11.9 Å². The number of fused-ring (bicyclic) bond motifs is 1. The fourth-order valence-electron chi connectivity index (χ4n) is 3.05. The molecule has 0 bridgehead atoms. The number of nitrogens with two attached hydrogens (primary N) is 1. The first-order chi connectivity index (χ1) is 12.7. The zero-order chi connectivity index (χ0) is 17.9. The van der Waals surface area contributed by atoms with Gasteiger partial charge >= 0.3 is 0 Å². The summed E-state index contributed by atoms with van der Waals surface area (Å²) in [5.74, 6) is -0.0137. The lowest BCUT2D eigenvalue weighted by atomic mass is 9.98. The second kappa shape index (κ2) is 6.76. The van der Waals surface area contributed by atoms with Gasteiger partial charge in [0.2, 0.25) is 0 Å². The molecule has 128 valence electrons. The second-order valence-corrected chi connectivity index (χ2v) is 6.23. The molecule has 0 unspecified atom stereocenters. The van der Waals surface area contributed by atoms with Crippen LogP contribution >= 0.6 is 0 Å². The minimum atomic E-state index is -0.294. The van der Waals surface area contributed by atoms with Gasteiger partial charge in [0, 0.05) is 16.8 Å². The van der Waals surface area contributed by atoms with Gasteiger partial charge in [0.05, 0.1) is 11.4 Å². The van der Waals surface area contributed by atoms with E-state index in [1.54, 1.807) is 0 Å². The zero-order valence-corrected chi connectivity index (χ0v) is 14.1. The van der Waals surface area contributed by atoms with Crippen molar-refractivity contribution >= 4 is 28.9 Å². The SMILES string of the molecule is Nc1ccc(/C=C(/C(=O)c2ccccc2)C2Nc3ccccc3N2)cc1. The highest BCUT2D eigenvalue weighted by Crippen LogP contribution is 2.32. The molecule has 3 aromatic carbocycles. The number of carbonyl (C=O) groups is 1. The lowest BCUT2D eigenvalue weighted by Crippen LogP contribution is -2.29. The molecule has 0 radical (unpaired) electrons. The molecule has 1 aliphatic rings. The Bertz CT molecular complexity index is 937. The number of rotatable bonds is 4. The van der Waals surface area contributed by atoms with Crippen molar-refractivity contribution in [3.8, 4) is 0 Å². The van der Waals surface area contributed by atoms with Crippen molar-refractivity contribution in [2.75, 3.05) is 16.4 Å². The number of carbonyl (C=O) groups excluding carboxylic acids is 1. The van der Waals surface area contributed by atoms with Gasteiger partial charge in [-0.3, -0.25) is 4.79 Å². The van der Waals surface area contributed by atoms with E-state index in [0.29, 0.717) is 16.8 Å². The average molecular weight is 341 g/mol. The molecule has 0 saturated carbocycles. The molecule has 0 aromatic heterocycles. The number of anilines is 3. The summed E-state index contributed by atoms with van der Waals surface area (Å²) in [6.45, 7) is 0. The molecule has 4 rings (SSSR count). The van der Waals surface area contributed by atoms with Crippen molar-refractivity contribution in [1.82, 2.24) is 0 Å². The number of nitrogens with one attached hydrogen (secondary N) is 2. The van der Waals surface area contributed by atoms with Crippen molar-refractivity contribution in [3.05, 3.63) is 95.6 Å². The van der Waals surface area contributed by atoms with Crippen LogP contribution in [-0.2, 0) is 0 Å². The van der Waals surface area contributed by atoms with Gasteiger partial charge in [-0.15, -0.1) is 0 Å². The molecule has 3 aromatic rings. The Labute approximate surface area is 152 Å². The van der Waals surface area contributed by atoms with Gasteiger partial charge in [0.1, 0.15) is 6.17 Å². The topological polar surface area (TPSA) is 67.2 Å². The first-order valence-electron chi connectivity index (χ1n) is 8.50. The number of para-hydroxylation sites is 2. The number of ketones is 1. The van der Waals surface area contributed by atoms with Gasteiger partial charge in [-0.25, -0.2) is 0 Å². The van der Waals surface area contributed by atoms with Crippen molar-refractivity contribution in [3.63, 3.8) is 0 Å². The van der Waals surface area contributed by atoms with Gasteiger partial charge in [0.25, 0.3) is 0 Å². The Morgan fingerprint density at radius 2 is 1.38 bits per heavy atom. The number of nitrogen functional groups attached to an aromatic ring is 1. The van der Waals surface area contributed by atoms with Gasteiger partial charge in [-0.1, -0.05) is 54.6 Å². The minimum absolute atomic E-state index is 0.0137. The van der Waals surface area contributed by atoms with Crippen molar-refractivity contribution in [1.29, 1.82) is 0 Å². The van der Waals surface area contributed by atoms with Crippen LogP contribution in [0.5, 0.6) is 0 Å². The molecule has 0 amide bonds. The maximum absolute atomic E-state index is 13.2. The third-order valence-corrected chi connectivity index (χ3v) is 4.39. The Hall–Kier alpha value is -3.53. The zero-order valence-electron chi connectivity index (χ0n) is 14.1. The third kappa shape index (κ3) is 3.17. The molecule has 0 aliphatic carbocycles. The fourth-order valence-corrected chi connectivity index (χ4v) is 3.05. The van der Waals surface area contributed by atoms with E-state index in [9.17, 15) is 4.79 Å². The maximum atomic E-state index is 13.2. The number of benzene rings is 3. The Kier molecular flexibility index (Phi) is 4.15. The fraction of sp³-hybridized carbons (Fsp3) is 0.0455. The molecular weight excluding hydrogens is 322 g/mol. The van der Waals surface area contributed by atoms with Crippen LogP contribution in [0.15, 0.2) is 84.4 Å². The quantitative estimate of drug-likeness (QED) is 0.374. The Morgan fingerprint density at radius 1 is 0.808 bits per heavy atom. The Morgan fingerprint density at radius 3 is 2.00 bits per heavy atom. The van der Waals surface area contributed by atoms with Crippen LogP contribution in [0.4, 0.5) is 17.1 Å². The first kappa shape index (κ1) is 16.0. The molecule has 0 saturated heterocycles. The van der Waals surface area contributed by atoms with Crippen molar-refractivity contribution < 1.29 is 4.79 Å². The highest BCUT2D eigenvalue weighted by Gasteiger charge is 2.27. The van der Waals surface area contributed by atoms with E-state index >= 15 is 0 Å². The van der Waals surface area contributed by atoms with Gasteiger partial charge in [-0.2, -0.15) is 0 Å². The summed E-state index contributed by atoms with van der Waals surface area (Å²) in [5, 5.41) is 6.78. The molecule has 0 spiro atoms.